The summed E-state index contributed by atoms with van der Waals surface area (Å²) in [7, 11) is 0. The number of aliphatic hydroxyl groups is 1. The van der Waals surface area contributed by atoms with E-state index in [0.717, 1.165) is 24.1 Å². The molecule has 1 saturated heterocycles. The summed E-state index contributed by atoms with van der Waals surface area (Å²) in [5, 5.41) is 14.3. The second-order valence-corrected chi connectivity index (χ2v) is 8.07. The molecular formula is C22H26ClFN2O3. The molecule has 2 aromatic rings. The van der Waals surface area contributed by atoms with E-state index in [2.05, 4.69) is 5.32 Å². The molecule has 7 heteroatoms. The first-order chi connectivity index (χ1) is 13.8. The van der Waals surface area contributed by atoms with Crippen molar-refractivity contribution >= 4 is 17.5 Å². The Kier molecular flexibility index (Phi) is 7.11. The van der Waals surface area contributed by atoms with E-state index in [0.29, 0.717) is 30.3 Å². The Balaban J connectivity index is 1.49. The molecule has 0 bridgehead atoms. The highest BCUT2D eigenvalue weighted by Crippen LogP contribution is 2.28. The quantitative estimate of drug-likeness (QED) is 0.721. The summed E-state index contributed by atoms with van der Waals surface area (Å²) in [4.78, 5) is 14.2. The van der Waals surface area contributed by atoms with Crippen LogP contribution < -0.4 is 10.1 Å². The van der Waals surface area contributed by atoms with Crippen molar-refractivity contribution in [2.75, 3.05) is 26.2 Å². The SMILES string of the molecule is Cc1ccc(Cl)c(OC[C@]2(O)CCCN(CC(=O)NCc3ccc(F)cc3)C2)c1. The fourth-order valence-electron chi connectivity index (χ4n) is 3.45. The van der Waals surface area contributed by atoms with Gasteiger partial charge in [0, 0.05) is 13.1 Å². The smallest absolute Gasteiger partial charge is 0.234 e. The Morgan fingerprint density at radius 3 is 2.83 bits per heavy atom. The second-order valence-electron chi connectivity index (χ2n) is 7.66. The first kappa shape index (κ1) is 21.6. The lowest BCUT2D eigenvalue weighted by Gasteiger charge is -2.38. The van der Waals surface area contributed by atoms with Crippen LogP contribution in [0.15, 0.2) is 42.5 Å². The third kappa shape index (κ3) is 6.42. The summed E-state index contributed by atoms with van der Waals surface area (Å²) < 4.78 is 18.7. The Labute approximate surface area is 175 Å². The van der Waals surface area contributed by atoms with Crippen LogP contribution in [-0.4, -0.2) is 47.8 Å². The molecule has 156 valence electrons. The number of amides is 1. The topological polar surface area (TPSA) is 61.8 Å². The number of halogens is 2. The molecule has 29 heavy (non-hydrogen) atoms. The number of β-amino-alcohol motifs (C(OH)–C–C–N with tert-alkyl or cyclic N) is 1. The fourth-order valence-corrected chi connectivity index (χ4v) is 3.63. The van der Waals surface area contributed by atoms with E-state index >= 15 is 0 Å². The number of nitrogens with zero attached hydrogens (tertiary/aromatic N) is 1. The Morgan fingerprint density at radius 1 is 1.31 bits per heavy atom. The van der Waals surface area contributed by atoms with Crippen molar-refractivity contribution in [2.24, 2.45) is 0 Å². The summed E-state index contributed by atoms with van der Waals surface area (Å²) in [6.45, 7) is 3.67. The summed E-state index contributed by atoms with van der Waals surface area (Å²) in [5.41, 5.74) is 0.820. The molecule has 5 nitrogen and oxygen atoms in total. The molecule has 0 aromatic heterocycles. The van der Waals surface area contributed by atoms with Gasteiger partial charge in [0.05, 0.1) is 11.6 Å². The van der Waals surface area contributed by atoms with Crippen LogP contribution in [0.4, 0.5) is 4.39 Å². The number of benzene rings is 2. The van der Waals surface area contributed by atoms with E-state index in [4.69, 9.17) is 16.3 Å². The van der Waals surface area contributed by atoms with Gasteiger partial charge < -0.3 is 15.2 Å². The van der Waals surface area contributed by atoms with Crippen LogP contribution in [0.1, 0.15) is 24.0 Å². The van der Waals surface area contributed by atoms with Crippen LogP contribution >= 0.6 is 11.6 Å². The normalized spacial score (nSPS) is 19.7. The predicted octanol–water partition coefficient (Wildman–Crippen LogP) is 3.31. The molecule has 3 rings (SSSR count). The van der Waals surface area contributed by atoms with Crippen molar-refractivity contribution in [1.29, 1.82) is 0 Å². The highest BCUT2D eigenvalue weighted by Gasteiger charge is 2.35. The van der Waals surface area contributed by atoms with E-state index in [1.54, 1.807) is 18.2 Å². The zero-order valence-corrected chi connectivity index (χ0v) is 17.2. The molecule has 0 spiro atoms. The maximum Gasteiger partial charge on any atom is 0.234 e. The number of rotatable bonds is 7. The maximum absolute atomic E-state index is 12.9. The lowest BCUT2D eigenvalue weighted by Crippen LogP contribution is -2.53. The molecule has 0 unspecified atom stereocenters. The van der Waals surface area contributed by atoms with Gasteiger partial charge in [0.1, 0.15) is 23.8 Å². The molecule has 1 aliphatic rings. The summed E-state index contributed by atoms with van der Waals surface area (Å²) in [6, 6.07) is 11.5. The largest absolute Gasteiger partial charge is 0.489 e. The number of piperidine rings is 1. The predicted molar refractivity (Wildman–Crippen MR) is 111 cm³/mol. The minimum atomic E-state index is -1.04. The van der Waals surface area contributed by atoms with Gasteiger partial charge in [-0.3, -0.25) is 9.69 Å². The van der Waals surface area contributed by atoms with Gasteiger partial charge in [-0.2, -0.15) is 0 Å². The van der Waals surface area contributed by atoms with Crippen LogP contribution in [0.25, 0.3) is 0 Å². The maximum atomic E-state index is 12.9. The average Bonchev–Trinajstić information content (AvgIpc) is 2.68. The van der Waals surface area contributed by atoms with Crippen molar-refractivity contribution in [2.45, 2.75) is 31.9 Å². The van der Waals surface area contributed by atoms with Gasteiger partial charge >= 0.3 is 0 Å². The lowest BCUT2D eigenvalue weighted by atomic mass is 9.93. The van der Waals surface area contributed by atoms with Crippen LogP contribution in [0.2, 0.25) is 5.02 Å². The molecular weight excluding hydrogens is 395 g/mol. The number of nitrogens with one attached hydrogen (secondary N) is 1. The molecule has 1 fully saturated rings. The van der Waals surface area contributed by atoms with E-state index in [9.17, 15) is 14.3 Å². The average molecular weight is 421 g/mol. The second kappa shape index (κ2) is 9.57. The Hall–Kier alpha value is -2.15. The molecule has 0 aliphatic carbocycles. The summed E-state index contributed by atoms with van der Waals surface area (Å²) >= 11 is 6.16. The van der Waals surface area contributed by atoms with E-state index in [-0.39, 0.29) is 24.9 Å². The highest BCUT2D eigenvalue weighted by molar-refractivity contribution is 6.32. The number of aryl methyl sites for hydroxylation is 1. The number of ether oxygens (including phenoxy) is 1. The van der Waals surface area contributed by atoms with Crippen LogP contribution in [-0.2, 0) is 11.3 Å². The molecule has 1 heterocycles. The highest BCUT2D eigenvalue weighted by atomic mass is 35.5. The number of likely N-dealkylation sites (tertiary alicyclic amines) is 1. The van der Waals surface area contributed by atoms with Crippen molar-refractivity contribution in [1.82, 2.24) is 10.2 Å². The van der Waals surface area contributed by atoms with Crippen LogP contribution in [0.3, 0.4) is 0 Å². The molecule has 1 atom stereocenters. The van der Waals surface area contributed by atoms with Gasteiger partial charge in [-0.25, -0.2) is 4.39 Å². The van der Waals surface area contributed by atoms with Crippen molar-refractivity contribution in [3.05, 3.63) is 64.4 Å². The molecule has 0 radical (unpaired) electrons. The monoisotopic (exact) mass is 420 g/mol. The molecule has 1 amide bonds. The third-order valence-electron chi connectivity index (χ3n) is 4.99. The number of hydrogen-bond acceptors (Lipinski definition) is 4. The van der Waals surface area contributed by atoms with Gasteiger partial charge in [0.2, 0.25) is 5.91 Å². The van der Waals surface area contributed by atoms with Gasteiger partial charge in [0.15, 0.2) is 0 Å². The van der Waals surface area contributed by atoms with E-state index < -0.39 is 5.60 Å². The minimum absolute atomic E-state index is 0.115. The van der Waals surface area contributed by atoms with E-state index in [1.165, 1.54) is 12.1 Å². The van der Waals surface area contributed by atoms with Gasteiger partial charge in [-0.15, -0.1) is 0 Å². The van der Waals surface area contributed by atoms with E-state index in [1.807, 2.05) is 24.0 Å². The number of carbonyl (C=O) groups excluding carboxylic acids is 1. The zero-order chi connectivity index (χ0) is 20.9. The van der Waals surface area contributed by atoms with Crippen LogP contribution in [0.5, 0.6) is 5.75 Å². The third-order valence-corrected chi connectivity index (χ3v) is 5.30. The summed E-state index contributed by atoms with van der Waals surface area (Å²) in [5.74, 6) is 0.109. The summed E-state index contributed by atoms with van der Waals surface area (Å²) in [6.07, 6.45) is 1.37. The molecule has 0 saturated carbocycles. The Bertz CT molecular complexity index is 846. The minimum Gasteiger partial charge on any atom is -0.489 e. The molecule has 2 N–H and O–H groups in total. The van der Waals surface area contributed by atoms with Crippen LogP contribution in [0, 0.1) is 12.7 Å². The Morgan fingerprint density at radius 2 is 2.07 bits per heavy atom. The standard InChI is InChI=1S/C22H26ClFN2O3/c1-16-3-8-19(23)20(11-16)29-15-22(28)9-2-10-26(14-22)13-21(27)25-12-17-4-6-18(24)7-5-17/h3-8,11,28H,2,9-10,12-15H2,1H3,(H,25,27)/t22-/m0/s1. The first-order valence-electron chi connectivity index (χ1n) is 9.68. The van der Waals surface area contributed by atoms with Crippen molar-refractivity contribution in [3.63, 3.8) is 0 Å². The number of carbonyl (C=O) groups is 1. The lowest BCUT2D eigenvalue weighted by molar-refractivity contribution is -0.124. The van der Waals surface area contributed by atoms with Gasteiger partial charge in [-0.1, -0.05) is 29.8 Å². The first-order valence-corrected chi connectivity index (χ1v) is 10.1. The molecule has 1 aliphatic heterocycles. The number of hydrogen-bond donors (Lipinski definition) is 2. The van der Waals surface area contributed by atoms with Crippen molar-refractivity contribution in [3.8, 4) is 5.75 Å². The molecule has 2 aromatic carbocycles. The van der Waals surface area contributed by atoms with Gasteiger partial charge in [0.25, 0.3) is 0 Å². The van der Waals surface area contributed by atoms with Crippen molar-refractivity contribution < 1.29 is 19.0 Å². The zero-order valence-electron chi connectivity index (χ0n) is 16.5. The fraction of sp³-hybridized carbons (Fsp3) is 0.409. The van der Waals surface area contributed by atoms with Gasteiger partial charge in [-0.05, 0) is 61.7 Å².